The van der Waals surface area contributed by atoms with E-state index in [4.69, 9.17) is 0 Å². The van der Waals surface area contributed by atoms with Gasteiger partial charge in [0.15, 0.2) is 0 Å². The van der Waals surface area contributed by atoms with Gasteiger partial charge < -0.3 is 9.72 Å². The van der Waals surface area contributed by atoms with Gasteiger partial charge in [-0.05, 0) is 18.6 Å². The van der Waals surface area contributed by atoms with E-state index in [0.717, 1.165) is 24.2 Å². The van der Waals surface area contributed by atoms with Crippen molar-refractivity contribution in [3.05, 3.63) is 36.3 Å². The van der Waals surface area contributed by atoms with E-state index in [9.17, 15) is 4.79 Å². The van der Waals surface area contributed by atoms with Crippen molar-refractivity contribution >= 4 is 11.6 Å². The Morgan fingerprint density at radius 1 is 1.47 bits per heavy atom. The van der Waals surface area contributed by atoms with Gasteiger partial charge in [0.1, 0.15) is 5.65 Å². The molecule has 2 heterocycles. The number of rotatable bonds is 5. The van der Waals surface area contributed by atoms with Crippen LogP contribution in [0.25, 0.3) is 5.65 Å². The summed E-state index contributed by atoms with van der Waals surface area (Å²) in [6.45, 7) is 2.58. The zero-order valence-corrected chi connectivity index (χ0v) is 10.0. The maximum absolute atomic E-state index is 11.4. The fraction of sp³-hybridized carbons (Fsp3) is 0.385. The summed E-state index contributed by atoms with van der Waals surface area (Å²) < 4.78 is 1.95. The molecule has 0 bridgehead atoms. The fourth-order valence-electron chi connectivity index (χ4n) is 1.69. The normalized spacial score (nSPS) is 10.6. The topological polar surface area (TPSA) is 46.4 Å². The minimum absolute atomic E-state index is 0.101. The Balaban J connectivity index is 1.92. The third-order valence-corrected chi connectivity index (χ3v) is 2.64. The SMILES string of the molecule is CCCCC(=O)NCc1cn2ccccc2n1. The number of carbonyl (C=O) groups is 1. The first-order valence-corrected chi connectivity index (χ1v) is 5.99. The molecule has 90 valence electrons. The first-order valence-electron chi connectivity index (χ1n) is 5.99. The molecule has 2 rings (SSSR count). The van der Waals surface area contributed by atoms with Crippen LogP contribution in [0.15, 0.2) is 30.6 Å². The van der Waals surface area contributed by atoms with E-state index in [1.54, 1.807) is 0 Å². The third-order valence-electron chi connectivity index (χ3n) is 2.64. The van der Waals surface area contributed by atoms with E-state index in [1.165, 1.54) is 0 Å². The highest BCUT2D eigenvalue weighted by Crippen LogP contribution is 2.04. The maximum Gasteiger partial charge on any atom is 0.220 e. The zero-order chi connectivity index (χ0) is 12.1. The van der Waals surface area contributed by atoms with Crippen LogP contribution in [0.5, 0.6) is 0 Å². The molecule has 17 heavy (non-hydrogen) atoms. The molecule has 0 aliphatic heterocycles. The van der Waals surface area contributed by atoms with Gasteiger partial charge in [-0.3, -0.25) is 4.79 Å². The van der Waals surface area contributed by atoms with Gasteiger partial charge in [-0.2, -0.15) is 0 Å². The van der Waals surface area contributed by atoms with Crippen molar-refractivity contribution in [3.63, 3.8) is 0 Å². The summed E-state index contributed by atoms with van der Waals surface area (Å²) in [7, 11) is 0. The molecular formula is C13H17N3O. The van der Waals surface area contributed by atoms with E-state index < -0.39 is 0 Å². The molecule has 4 heteroatoms. The first-order chi connectivity index (χ1) is 8.29. The van der Waals surface area contributed by atoms with Crippen LogP contribution < -0.4 is 5.32 Å². The monoisotopic (exact) mass is 231 g/mol. The average Bonchev–Trinajstić information content (AvgIpc) is 2.76. The Kier molecular flexibility index (Phi) is 3.75. The number of carbonyl (C=O) groups excluding carboxylic acids is 1. The molecule has 2 aromatic rings. The van der Waals surface area contributed by atoms with Crippen LogP contribution in [-0.4, -0.2) is 15.3 Å². The highest BCUT2D eigenvalue weighted by Gasteiger charge is 2.03. The molecule has 0 aliphatic rings. The summed E-state index contributed by atoms with van der Waals surface area (Å²) in [4.78, 5) is 15.9. The minimum atomic E-state index is 0.101. The van der Waals surface area contributed by atoms with Crippen LogP contribution >= 0.6 is 0 Å². The van der Waals surface area contributed by atoms with Crippen molar-refractivity contribution in [2.24, 2.45) is 0 Å². The Labute approximate surface area is 101 Å². The molecule has 0 atom stereocenters. The Hall–Kier alpha value is -1.84. The van der Waals surface area contributed by atoms with Gasteiger partial charge in [-0.15, -0.1) is 0 Å². The Morgan fingerprint density at radius 3 is 3.12 bits per heavy atom. The van der Waals surface area contributed by atoms with Crippen LogP contribution in [0, 0.1) is 0 Å². The molecule has 0 saturated carbocycles. The molecule has 0 radical (unpaired) electrons. The average molecular weight is 231 g/mol. The van der Waals surface area contributed by atoms with Crippen molar-refractivity contribution < 1.29 is 4.79 Å². The van der Waals surface area contributed by atoms with E-state index in [2.05, 4.69) is 17.2 Å². The molecule has 0 fully saturated rings. The molecule has 1 N–H and O–H groups in total. The molecule has 0 aromatic carbocycles. The largest absolute Gasteiger partial charge is 0.350 e. The molecule has 1 amide bonds. The quantitative estimate of drug-likeness (QED) is 0.857. The van der Waals surface area contributed by atoms with Gasteiger partial charge in [-0.25, -0.2) is 4.98 Å². The van der Waals surface area contributed by atoms with Gasteiger partial charge >= 0.3 is 0 Å². The summed E-state index contributed by atoms with van der Waals surface area (Å²) in [5.74, 6) is 0.101. The lowest BCUT2D eigenvalue weighted by Crippen LogP contribution is -2.22. The highest BCUT2D eigenvalue weighted by molar-refractivity contribution is 5.75. The van der Waals surface area contributed by atoms with Gasteiger partial charge in [-0.1, -0.05) is 19.4 Å². The predicted molar refractivity (Wildman–Crippen MR) is 66.6 cm³/mol. The third kappa shape index (κ3) is 3.06. The maximum atomic E-state index is 11.4. The molecule has 4 nitrogen and oxygen atoms in total. The number of hydrogen-bond acceptors (Lipinski definition) is 2. The van der Waals surface area contributed by atoms with E-state index in [-0.39, 0.29) is 5.91 Å². The summed E-state index contributed by atoms with van der Waals surface area (Å²) in [6.07, 6.45) is 6.48. The second-order valence-corrected chi connectivity index (χ2v) is 4.08. The number of amides is 1. The second kappa shape index (κ2) is 5.48. The summed E-state index contributed by atoms with van der Waals surface area (Å²) >= 11 is 0. The van der Waals surface area contributed by atoms with Gasteiger partial charge in [0, 0.05) is 18.8 Å². The molecule has 2 aromatic heterocycles. The molecular weight excluding hydrogens is 214 g/mol. The summed E-state index contributed by atoms with van der Waals surface area (Å²) in [5, 5.41) is 2.88. The van der Waals surface area contributed by atoms with Gasteiger partial charge in [0.05, 0.1) is 12.2 Å². The Morgan fingerprint density at radius 2 is 2.35 bits per heavy atom. The van der Waals surface area contributed by atoms with Crippen molar-refractivity contribution in [2.75, 3.05) is 0 Å². The predicted octanol–water partition coefficient (Wildman–Crippen LogP) is 2.14. The number of aromatic nitrogens is 2. The standard InChI is InChI=1S/C13H17N3O/c1-2-3-7-13(17)14-9-11-10-16-8-5-4-6-12(16)15-11/h4-6,8,10H,2-3,7,9H2,1H3,(H,14,17). The Bertz CT molecular complexity index is 471. The lowest BCUT2D eigenvalue weighted by atomic mass is 10.2. The fourth-order valence-corrected chi connectivity index (χ4v) is 1.69. The first kappa shape index (κ1) is 11.6. The minimum Gasteiger partial charge on any atom is -0.350 e. The number of pyridine rings is 1. The van der Waals surface area contributed by atoms with Crippen LogP contribution in [-0.2, 0) is 11.3 Å². The number of nitrogens with one attached hydrogen (secondary N) is 1. The van der Waals surface area contributed by atoms with E-state index in [1.807, 2.05) is 35.0 Å². The van der Waals surface area contributed by atoms with Crippen molar-refractivity contribution in [3.8, 4) is 0 Å². The van der Waals surface area contributed by atoms with E-state index in [0.29, 0.717) is 13.0 Å². The summed E-state index contributed by atoms with van der Waals surface area (Å²) in [5.41, 5.74) is 1.80. The highest BCUT2D eigenvalue weighted by atomic mass is 16.1. The van der Waals surface area contributed by atoms with Crippen LogP contribution in [0.2, 0.25) is 0 Å². The molecule has 0 spiro atoms. The number of hydrogen-bond donors (Lipinski definition) is 1. The van der Waals surface area contributed by atoms with Gasteiger partial charge in [0.25, 0.3) is 0 Å². The smallest absolute Gasteiger partial charge is 0.220 e. The number of fused-ring (bicyclic) bond motifs is 1. The zero-order valence-electron chi connectivity index (χ0n) is 10.0. The number of imidazole rings is 1. The lowest BCUT2D eigenvalue weighted by Gasteiger charge is -2.01. The van der Waals surface area contributed by atoms with Gasteiger partial charge in [0.2, 0.25) is 5.91 Å². The molecule has 0 saturated heterocycles. The summed E-state index contributed by atoms with van der Waals surface area (Å²) in [6, 6.07) is 5.85. The van der Waals surface area contributed by atoms with Crippen molar-refractivity contribution in [1.29, 1.82) is 0 Å². The lowest BCUT2D eigenvalue weighted by molar-refractivity contribution is -0.121. The van der Waals surface area contributed by atoms with Crippen LogP contribution in [0.3, 0.4) is 0 Å². The van der Waals surface area contributed by atoms with Crippen LogP contribution in [0.1, 0.15) is 31.9 Å². The second-order valence-electron chi connectivity index (χ2n) is 4.08. The van der Waals surface area contributed by atoms with Crippen LogP contribution in [0.4, 0.5) is 0 Å². The van der Waals surface area contributed by atoms with E-state index >= 15 is 0 Å². The molecule has 0 unspecified atom stereocenters. The number of nitrogens with zero attached hydrogens (tertiary/aromatic N) is 2. The molecule has 0 aliphatic carbocycles. The van der Waals surface area contributed by atoms with Crippen molar-refractivity contribution in [2.45, 2.75) is 32.7 Å². The van der Waals surface area contributed by atoms with Crippen molar-refractivity contribution in [1.82, 2.24) is 14.7 Å². The number of unbranched alkanes of at least 4 members (excludes halogenated alkanes) is 1.